The van der Waals surface area contributed by atoms with Gasteiger partial charge in [0.1, 0.15) is 0 Å². The molecule has 0 atom stereocenters. The first-order chi connectivity index (χ1) is 6.97. The molecule has 0 aromatic heterocycles. The Hall–Kier alpha value is -1.09. The molecule has 0 saturated heterocycles. The summed E-state index contributed by atoms with van der Waals surface area (Å²) in [5.74, 6) is -1.08. The van der Waals surface area contributed by atoms with Crippen molar-refractivity contribution < 1.29 is 14.4 Å². The fourth-order valence-electron chi connectivity index (χ4n) is 1.36. The van der Waals surface area contributed by atoms with Crippen molar-refractivity contribution in [2.75, 3.05) is 26.2 Å². The molecule has 88 valence electrons. The summed E-state index contributed by atoms with van der Waals surface area (Å²) in [6, 6.07) is 0. The zero-order valence-electron chi connectivity index (χ0n) is 10.2. The lowest BCUT2D eigenvalue weighted by Crippen LogP contribution is -2.47. The molecule has 0 rings (SSSR count). The SMILES string of the molecule is C=CC[N+](CC)(CC)CC=C.CC(=O)[O-]. The minimum Gasteiger partial charge on any atom is -0.550 e. The number of rotatable bonds is 6. The third kappa shape index (κ3) is 9.22. The van der Waals surface area contributed by atoms with Gasteiger partial charge in [0.05, 0.1) is 26.2 Å². The highest BCUT2D eigenvalue weighted by Crippen LogP contribution is 2.05. The van der Waals surface area contributed by atoms with E-state index in [9.17, 15) is 0 Å². The molecule has 3 heteroatoms. The van der Waals surface area contributed by atoms with E-state index >= 15 is 0 Å². The minimum absolute atomic E-state index is 0.972. The Kier molecular flexibility index (Phi) is 10.3. The summed E-state index contributed by atoms with van der Waals surface area (Å²) in [5.41, 5.74) is 0. The number of hydrogen-bond donors (Lipinski definition) is 0. The summed E-state index contributed by atoms with van der Waals surface area (Å²) in [5, 5.41) is 8.89. The van der Waals surface area contributed by atoms with Crippen molar-refractivity contribution in [1.82, 2.24) is 0 Å². The molecular weight excluding hydrogens is 190 g/mol. The maximum Gasteiger partial charge on any atom is 0.0973 e. The molecule has 3 nitrogen and oxygen atoms in total. The number of aliphatic carboxylic acids is 1. The summed E-state index contributed by atoms with van der Waals surface area (Å²) in [6.07, 6.45) is 3.99. The Morgan fingerprint density at radius 1 is 1.20 bits per heavy atom. The summed E-state index contributed by atoms with van der Waals surface area (Å²) in [7, 11) is 0. The molecular formula is C12H23NO2. The van der Waals surface area contributed by atoms with Crippen molar-refractivity contribution in [3.05, 3.63) is 25.3 Å². The number of quaternary nitrogens is 1. The van der Waals surface area contributed by atoms with Crippen LogP contribution in [0.1, 0.15) is 20.8 Å². The van der Waals surface area contributed by atoms with Gasteiger partial charge in [-0.2, -0.15) is 0 Å². The van der Waals surface area contributed by atoms with Gasteiger partial charge in [0.15, 0.2) is 0 Å². The van der Waals surface area contributed by atoms with E-state index in [1.807, 2.05) is 12.2 Å². The van der Waals surface area contributed by atoms with E-state index in [1.165, 1.54) is 0 Å². The van der Waals surface area contributed by atoms with Gasteiger partial charge in [0, 0.05) is 5.97 Å². The number of carbonyl (C=O) groups excluding carboxylic acids is 1. The summed E-state index contributed by atoms with van der Waals surface area (Å²) >= 11 is 0. The predicted molar refractivity (Wildman–Crippen MR) is 62.2 cm³/mol. The summed E-state index contributed by atoms with van der Waals surface area (Å²) < 4.78 is 1.09. The van der Waals surface area contributed by atoms with Crippen LogP contribution in [0.25, 0.3) is 0 Å². The third-order valence-corrected chi connectivity index (χ3v) is 2.37. The van der Waals surface area contributed by atoms with Crippen LogP contribution >= 0.6 is 0 Å². The van der Waals surface area contributed by atoms with Gasteiger partial charge in [-0.25, -0.2) is 0 Å². The molecule has 0 aromatic carbocycles. The molecule has 15 heavy (non-hydrogen) atoms. The van der Waals surface area contributed by atoms with Crippen LogP contribution < -0.4 is 5.11 Å². The van der Waals surface area contributed by atoms with Crippen molar-refractivity contribution in [3.63, 3.8) is 0 Å². The fourth-order valence-corrected chi connectivity index (χ4v) is 1.36. The molecule has 0 heterocycles. The van der Waals surface area contributed by atoms with E-state index in [0.29, 0.717) is 0 Å². The van der Waals surface area contributed by atoms with Gasteiger partial charge in [-0.05, 0) is 32.9 Å². The van der Waals surface area contributed by atoms with E-state index in [4.69, 9.17) is 9.90 Å². The largest absolute Gasteiger partial charge is 0.550 e. The summed E-state index contributed by atoms with van der Waals surface area (Å²) in [4.78, 5) is 8.89. The van der Waals surface area contributed by atoms with E-state index in [2.05, 4.69) is 27.0 Å². The van der Waals surface area contributed by atoms with Crippen molar-refractivity contribution in [1.29, 1.82) is 0 Å². The van der Waals surface area contributed by atoms with E-state index in [-0.39, 0.29) is 0 Å². The maximum atomic E-state index is 8.89. The molecule has 0 fully saturated rings. The first kappa shape index (κ1) is 16.3. The van der Waals surface area contributed by atoms with E-state index < -0.39 is 5.97 Å². The highest BCUT2D eigenvalue weighted by Gasteiger charge is 2.18. The van der Waals surface area contributed by atoms with Gasteiger partial charge in [0.2, 0.25) is 0 Å². The smallest absolute Gasteiger partial charge is 0.0973 e. The van der Waals surface area contributed by atoms with Crippen molar-refractivity contribution in [2.24, 2.45) is 0 Å². The van der Waals surface area contributed by atoms with Gasteiger partial charge in [-0.15, -0.1) is 0 Å². The molecule has 0 bridgehead atoms. The number of likely N-dealkylation sites (N-methyl/N-ethyl adjacent to an activating group) is 1. The summed E-state index contributed by atoms with van der Waals surface area (Å²) in [6.45, 7) is 17.4. The Morgan fingerprint density at radius 2 is 1.47 bits per heavy atom. The monoisotopic (exact) mass is 213 g/mol. The Balaban J connectivity index is 0. The minimum atomic E-state index is -1.08. The van der Waals surface area contributed by atoms with Gasteiger partial charge >= 0.3 is 0 Å². The quantitative estimate of drug-likeness (QED) is 0.487. The van der Waals surface area contributed by atoms with Crippen LogP contribution in [0, 0.1) is 0 Å². The molecule has 0 N–H and O–H groups in total. The Labute approximate surface area is 93.3 Å². The Morgan fingerprint density at radius 3 is 1.60 bits per heavy atom. The third-order valence-electron chi connectivity index (χ3n) is 2.37. The van der Waals surface area contributed by atoms with Gasteiger partial charge in [0.25, 0.3) is 0 Å². The number of carboxylic acid groups (broad SMARTS) is 1. The fraction of sp³-hybridized carbons (Fsp3) is 0.583. The molecule has 0 aliphatic rings. The van der Waals surface area contributed by atoms with Crippen LogP contribution in [0.4, 0.5) is 0 Å². The molecule has 0 amide bonds. The number of carbonyl (C=O) groups is 1. The van der Waals surface area contributed by atoms with Crippen LogP contribution in [0.15, 0.2) is 25.3 Å². The lowest BCUT2D eigenvalue weighted by atomic mass is 10.3. The number of nitrogens with zero attached hydrogens (tertiary/aromatic N) is 1. The lowest BCUT2D eigenvalue weighted by Gasteiger charge is -2.34. The average Bonchev–Trinajstić information content (AvgIpc) is 2.16. The predicted octanol–water partition coefficient (Wildman–Crippen LogP) is 0.971. The molecule has 0 radical (unpaired) electrons. The van der Waals surface area contributed by atoms with Gasteiger partial charge in [-0.1, -0.05) is 13.2 Å². The van der Waals surface area contributed by atoms with Crippen molar-refractivity contribution >= 4 is 5.97 Å². The second kappa shape index (κ2) is 9.46. The molecule has 0 saturated carbocycles. The lowest BCUT2D eigenvalue weighted by molar-refractivity contribution is -0.914. The topological polar surface area (TPSA) is 40.1 Å². The van der Waals surface area contributed by atoms with Crippen LogP contribution in [-0.2, 0) is 4.79 Å². The first-order valence-electron chi connectivity index (χ1n) is 5.22. The van der Waals surface area contributed by atoms with Gasteiger partial charge < -0.3 is 14.4 Å². The highest BCUT2D eigenvalue weighted by atomic mass is 16.4. The second-order valence-electron chi connectivity index (χ2n) is 3.41. The number of carboxylic acids is 1. The van der Waals surface area contributed by atoms with Crippen molar-refractivity contribution in [2.45, 2.75) is 20.8 Å². The van der Waals surface area contributed by atoms with Gasteiger partial charge in [-0.3, -0.25) is 0 Å². The van der Waals surface area contributed by atoms with Crippen LogP contribution in [-0.4, -0.2) is 36.6 Å². The zero-order chi connectivity index (χ0) is 12.3. The molecule has 0 aromatic rings. The standard InChI is InChI=1S/C10H20N.C2H4O2/c1-5-9-11(7-3,8-4)10-6-2;1-2(3)4/h5-6H,1-2,7-10H2,3-4H3;1H3,(H,3,4)/q+1;/p-1. The molecule has 0 aliphatic carbocycles. The maximum absolute atomic E-state index is 8.89. The second-order valence-corrected chi connectivity index (χ2v) is 3.41. The highest BCUT2D eigenvalue weighted by molar-refractivity contribution is 5.60. The molecule has 0 aliphatic heterocycles. The molecule has 0 unspecified atom stereocenters. The van der Waals surface area contributed by atoms with Crippen molar-refractivity contribution in [3.8, 4) is 0 Å². The van der Waals surface area contributed by atoms with Crippen LogP contribution in [0.3, 0.4) is 0 Å². The normalized spacial score (nSPS) is 9.80. The average molecular weight is 213 g/mol. The van der Waals surface area contributed by atoms with Crippen LogP contribution in [0.2, 0.25) is 0 Å². The van der Waals surface area contributed by atoms with Crippen LogP contribution in [0.5, 0.6) is 0 Å². The van der Waals surface area contributed by atoms with E-state index in [1.54, 1.807) is 0 Å². The Bertz CT molecular complexity index is 180. The van der Waals surface area contributed by atoms with E-state index in [0.717, 1.165) is 37.6 Å². The molecule has 0 spiro atoms. The first-order valence-corrected chi connectivity index (χ1v) is 5.22. The zero-order valence-corrected chi connectivity index (χ0v) is 10.2. The number of hydrogen-bond acceptors (Lipinski definition) is 2.